The molecule has 0 spiro atoms. The summed E-state index contributed by atoms with van der Waals surface area (Å²) in [4.78, 5) is 24.7. The summed E-state index contributed by atoms with van der Waals surface area (Å²) in [6.07, 6.45) is 0. The van der Waals surface area contributed by atoms with Gasteiger partial charge in [-0.1, -0.05) is 12.1 Å². The second-order valence-electron chi connectivity index (χ2n) is 5.55. The normalized spacial score (nSPS) is 10.8. The Bertz CT molecular complexity index is 813. The highest BCUT2D eigenvalue weighted by Crippen LogP contribution is 2.19. The third kappa shape index (κ3) is 2.91. The van der Waals surface area contributed by atoms with E-state index in [1.807, 2.05) is 6.07 Å². The van der Waals surface area contributed by atoms with Gasteiger partial charge < -0.3 is 5.32 Å². The lowest BCUT2D eigenvalue weighted by Gasteiger charge is -2.28. The third-order valence-electron chi connectivity index (χ3n) is 3.51. The minimum Gasteiger partial charge on any atom is -0.324 e. The molecule has 1 aromatic heterocycles. The number of nitrogens with one attached hydrogen (secondary N) is 1. The number of aromatic nitrogens is 1. The van der Waals surface area contributed by atoms with Crippen LogP contribution in [0.4, 0.5) is 5.69 Å². The number of nitriles is 1. The largest absolute Gasteiger partial charge is 0.324 e. The van der Waals surface area contributed by atoms with Gasteiger partial charge in [-0.05, 0) is 45.0 Å². The Hall–Kier alpha value is -2.87. The molecule has 0 unspecified atom stereocenters. The van der Waals surface area contributed by atoms with Crippen LogP contribution in [0.3, 0.4) is 0 Å². The van der Waals surface area contributed by atoms with E-state index in [1.54, 1.807) is 57.2 Å². The predicted molar refractivity (Wildman–Crippen MR) is 84.5 cm³/mol. The number of rotatable bonds is 3. The van der Waals surface area contributed by atoms with E-state index >= 15 is 0 Å². The molecular weight excluding hydrogens is 278 g/mol. The van der Waals surface area contributed by atoms with E-state index in [0.717, 1.165) is 0 Å². The molecule has 1 heterocycles. The summed E-state index contributed by atoms with van der Waals surface area (Å²) >= 11 is 0. The fourth-order valence-electron chi connectivity index (χ4n) is 2.36. The third-order valence-corrected chi connectivity index (χ3v) is 3.51. The first-order valence-corrected chi connectivity index (χ1v) is 6.87. The van der Waals surface area contributed by atoms with Gasteiger partial charge in [0.2, 0.25) is 5.91 Å². The number of benzene rings is 1. The van der Waals surface area contributed by atoms with E-state index in [1.165, 1.54) is 10.6 Å². The molecule has 0 bridgehead atoms. The lowest BCUT2D eigenvalue weighted by atomic mass is 10.0. The van der Waals surface area contributed by atoms with Gasteiger partial charge in [0.1, 0.15) is 5.54 Å². The number of anilines is 1. The molecule has 2 rings (SSSR count). The van der Waals surface area contributed by atoms with Gasteiger partial charge in [0, 0.05) is 17.4 Å². The van der Waals surface area contributed by atoms with Crippen LogP contribution < -0.4 is 10.9 Å². The molecule has 1 aromatic carbocycles. The monoisotopic (exact) mass is 295 g/mol. The fraction of sp³-hybridized carbons (Fsp3) is 0.235. The molecule has 5 nitrogen and oxygen atoms in total. The van der Waals surface area contributed by atoms with Crippen LogP contribution in [-0.4, -0.2) is 10.5 Å². The van der Waals surface area contributed by atoms with Crippen molar-refractivity contribution in [3.05, 3.63) is 64.1 Å². The number of amides is 1. The van der Waals surface area contributed by atoms with Crippen molar-refractivity contribution in [1.29, 1.82) is 5.26 Å². The molecule has 0 aliphatic heterocycles. The molecule has 0 saturated carbocycles. The molecule has 0 aliphatic rings. The fourth-order valence-corrected chi connectivity index (χ4v) is 2.36. The van der Waals surface area contributed by atoms with Crippen molar-refractivity contribution in [2.75, 3.05) is 5.32 Å². The van der Waals surface area contributed by atoms with Crippen molar-refractivity contribution in [2.45, 2.75) is 26.3 Å². The van der Waals surface area contributed by atoms with Crippen LogP contribution in [0.25, 0.3) is 0 Å². The highest BCUT2D eigenvalue weighted by Gasteiger charge is 2.31. The molecule has 0 saturated heterocycles. The number of carbonyl (C=O) groups is 1. The van der Waals surface area contributed by atoms with E-state index in [9.17, 15) is 9.59 Å². The van der Waals surface area contributed by atoms with Crippen LogP contribution in [0.1, 0.15) is 25.1 Å². The maximum atomic E-state index is 12.6. The van der Waals surface area contributed by atoms with Crippen LogP contribution >= 0.6 is 0 Å². The number of carbonyl (C=O) groups excluding carboxylic acids is 1. The van der Waals surface area contributed by atoms with Crippen LogP contribution in [-0.2, 0) is 10.3 Å². The summed E-state index contributed by atoms with van der Waals surface area (Å²) in [5.41, 5.74) is 0.414. The molecule has 5 heteroatoms. The smallest absolute Gasteiger partial charge is 0.251 e. The SMILES string of the molecule is Cc1cccc(=O)n1C(C)(C)C(=O)Nc1cccc(C#N)c1. The topological polar surface area (TPSA) is 74.9 Å². The molecular formula is C17H17N3O2. The molecule has 0 radical (unpaired) electrons. The second kappa shape index (κ2) is 5.86. The Morgan fingerprint density at radius 2 is 1.91 bits per heavy atom. The molecule has 1 amide bonds. The highest BCUT2D eigenvalue weighted by atomic mass is 16.2. The zero-order valence-corrected chi connectivity index (χ0v) is 12.8. The van der Waals surface area contributed by atoms with Gasteiger partial charge in [0.15, 0.2) is 0 Å². The Morgan fingerprint density at radius 1 is 1.23 bits per heavy atom. The Labute approximate surface area is 128 Å². The van der Waals surface area contributed by atoms with Gasteiger partial charge in [-0.15, -0.1) is 0 Å². The standard InChI is InChI=1S/C17H17N3O2/c1-12-6-4-9-15(21)20(12)17(2,3)16(22)19-14-8-5-7-13(10-14)11-18/h4-10H,1-3H3,(H,19,22). The molecule has 1 N–H and O–H groups in total. The highest BCUT2D eigenvalue weighted by molar-refractivity contribution is 5.96. The van der Waals surface area contributed by atoms with E-state index in [2.05, 4.69) is 5.32 Å². The predicted octanol–water partition coefficient (Wildman–Crippen LogP) is 2.40. The van der Waals surface area contributed by atoms with Crippen LogP contribution in [0, 0.1) is 18.3 Å². The van der Waals surface area contributed by atoms with E-state index < -0.39 is 5.54 Å². The Kier molecular flexibility index (Phi) is 4.13. The minimum absolute atomic E-state index is 0.231. The van der Waals surface area contributed by atoms with Gasteiger partial charge >= 0.3 is 0 Å². The van der Waals surface area contributed by atoms with E-state index in [-0.39, 0.29) is 11.5 Å². The first-order valence-electron chi connectivity index (χ1n) is 6.87. The number of hydrogen-bond acceptors (Lipinski definition) is 3. The number of aryl methyl sites for hydroxylation is 1. The summed E-state index contributed by atoms with van der Waals surface area (Å²) < 4.78 is 1.45. The quantitative estimate of drug-likeness (QED) is 0.944. The number of pyridine rings is 1. The lowest BCUT2D eigenvalue weighted by molar-refractivity contribution is -0.123. The molecule has 0 fully saturated rings. The molecule has 112 valence electrons. The summed E-state index contributed by atoms with van der Waals surface area (Å²) in [7, 11) is 0. The average molecular weight is 295 g/mol. The van der Waals surface area contributed by atoms with Crippen LogP contribution in [0.2, 0.25) is 0 Å². The minimum atomic E-state index is -1.05. The molecule has 2 aromatic rings. The van der Waals surface area contributed by atoms with Gasteiger partial charge in [0.05, 0.1) is 11.6 Å². The molecule has 22 heavy (non-hydrogen) atoms. The van der Waals surface area contributed by atoms with Crippen molar-refractivity contribution >= 4 is 11.6 Å². The summed E-state index contributed by atoms with van der Waals surface area (Å²) in [6.45, 7) is 5.16. The molecule has 0 atom stereocenters. The summed E-state index contributed by atoms with van der Waals surface area (Å²) in [6, 6.07) is 13.6. The first kappa shape index (κ1) is 15.5. The van der Waals surface area contributed by atoms with E-state index in [4.69, 9.17) is 5.26 Å². The average Bonchev–Trinajstić information content (AvgIpc) is 2.47. The Morgan fingerprint density at radius 3 is 2.55 bits per heavy atom. The zero-order chi connectivity index (χ0) is 16.3. The van der Waals surface area contributed by atoms with Crippen LogP contribution in [0.15, 0.2) is 47.3 Å². The van der Waals surface area contributed by atoms with Crippen molar-refractivity contribution in [2.24, 2.45) is 0 Å². The zero-order valence-electron chi connectivity index (χ0n) is 12.8. The van der Waals surface area contributed by atoms with Gasteiger partial charge in [0.25, 0.3) is 5.56 Å². The van der Waals surface area contributed by atoms with Crippen molar-refractivity contribution in [1.82, 2.24) is 4.57 Å². The lowest BCUT2D eigenvalue weighted by Crippen LogP contribution is -2.46. The maximum Gasteiger partial charge on any atom is 0.251 e. The van der Waals surface area contributed by atoms with Gasteiger partial charge in [-0.2, -0.15) is 5.26 Å². The number of nitrogens with zero attached hydrogens (tertiary/aromatic N) is 2. The Balaban J connectivity index is 2.35. The number of hydrogen-bond donors (Lipinski definition) is 1. The second-order valence-corrected chi connectivity index (χ2v) is 5.55. The maximum absolute atomic E-state index is 12.6. The van der Waals surface area contributed by atoms with Crippen molar-refractivity contribution < 1.29 is 4.79 Å². The molecule has 0 aliphatic carbocycles. The summed E-state index contributed by atoms with van der Waals surface area (Å²) in [5, 5.41) is 11.7. The van der Waals surface area contributed by atoms with Crippen molar-refractivity contribution in [3.8, 4) is 6.07 Å². The van der Waals surface area contributed by atoms with Crippen LogP contribution in [0.5, 0.6) is 0 Å². The first-order chi connectivity index (χ1) is 10.4. The van der Waals surface area contributed by atoms with E-state index in [0.29, 0.717) is 16.9 Å². The van der Waals surface area contributed by atoms with Crippen molar-refractivity contribution in [3.63, 3.8) is 0 Å². The van der Waals surface area contributed by atoms with Gasteiger partial charge in [-0.3, -0.25) is 14.2 Å². The summed E-state index contributed by atoms with van der Waals surface area (Å²) in [5.74, 6) is -0.320. The van der Waals surface area contributed by atoms with Gasteiger partial charge in [-0.25, -0.2) is 0 Å².